The number of aromatic nitrogens is 2. The molecule has 0 saturated carbocycles. The minimum absolute atomic E-state index is 0.0559. The van der Waals surface area contributed by atoms with Gasteiger partial charge in [0.2, 0.25) is 0 Å². The molecule has 0 radical (unpaired) electrons. The van der Waals surface area contributed by atoms with Crippen molar-refractivity contribution in [3.8, 4) is 0 Å². The number of hydrogen-bond donors (Lipinski definition) is 2. The number of pyridine rings is 2. The van der Waals surface area contributed by atoms with Crippen LogP contribution in [-0.4, -0.2) is 41.6 Å². The van der Waals surface area contributed by atoms with Crippen LogP contribution in [0.5, 0.6) is 0 Å². The molecule has 9 heteroatoms. The predicted molar refractivity (Wildman–Crippen MR) is 91.5 cm³/mol. The SMILES string of the molecule is NC1=NC(CF)(c2ccnc(NC(=O)c3ccc(Cl)cn3)c2)COC1. The molecule has 0 saturated heterocycles. The van der Waals surface area contributed by atoms with Crippen molar-refractivity contribution in [2.24, 2.45) is 10.7 Å². The van der Waals surface area contributed by atoms with Gasteiger partial charge in [0, 0.05) is 12.4 Å². The topological polar surface area (TPSA) is 102 Å². The minimum Gasteiger partial charge on any atom is -0.385 e. The molecule has 3 N–H and O–H groups in total. The van der Waals surface area contributed by atoms with Crippen LogP contribution in [0.1, 0.15) is 16.1 Å². The average molecular weight is 364 g/mol. The van der Waals surface area contributed by atoms with Crippen LogP contribution in [0, 0.1) is 0 Å². The minimum atomic E-state index is -1.23. The van der Waals surface area contributed by atoms with Gasteiger partial charge in [-0.3, -0.25) is 9.79 Å². The molecule has 1 unspecified atom stereocenters. The fourth-order valence-electron chi connectivity index (χ4n) is 2.44. The summed E-state index contributed by atoms with van der Waals surface area (Å²) in [5, 5.41) is 3.04. The van der Waals surface area contributed by atoms with Crippen LogP contribution in [0.4, 0.5) is 10.2 Å². The van der Waals surface area contributed by atoms with Crippen molar-refractivity contribution >= 4 is 29.2 Å². The van der Waals surface area contributed by atoms with Gasteiger partial charge in [0.05, 0.1) is 11.6 Å². The number of nitrogens with zero attached hydrogens (tertiary/aromatic N) is 3. The Labute approximate surface area is 148 Å². The van der Waals surface area contributed by atoms with E-state index >= 15 is 0 Å². The molecule has 2 aromatic heterocycles. The molecular formula is C16H15ClFN5O2. The number of amides is 1. The van der Waals surface area contributed by atoms with Crippen LogP contribution in [0.25, 0.3) is 0 Å². The van der Waals surface area contributed by atoms with Gasteiger partial charge >= 0.3 is 0 Å². The molecule has 1 amide bonds. The third-order valence-electron chi connectivity index (χ3n) is 3.67. The molecule has 2 aromatic rings. The molecule has 0 bridgehead atoms. The van der Waals surface area contributed by atoms with E-state index in [1.165, 1.54) is 18.5 Å². The van der Waals surface area contributed by atoms with Gasteiger partial charge in [-0.1, -0.05) is 11.6 Å². The predicted octanol–water partition coefficient (Wildman–Crippen LogP) is 1.93. The number of anilines is 1. The Balaban J connectivity index is 1.85. The number of carbonyl (C=O) groups excluding carboxylic acids is 1. The van der Waals surface area contributed by atoms with Crippen molar-refractivity contribution in [2.45, 2.75) is 5.54 Å². The van der Waals surface area contributed by atoms with Gasteiger partial charge in [-0.2, -0.15) is 0 Å². The van der Waals surface area contributed by atoms with Crippen molar-refractivity contribution in [1.29, 1.82) is 0 Å². The Bertz CT molecular complexity index is 814. The van der Waals surface area contributed by atoms with E-state index in [9.17, 15) is 9.18 Å². The lowest BCUT2D eigenvalue weighted by atomic mass is 9.92. The number of alkyl halides is 1. The number of hydrogen-bond acceptors (Lipinski definition) is 6. The first-order chi connectivity index (χ1) is 12.0. The van der Waals surface area contributed by atoms with E-state index in [-0.39, 0.29) is 30.6 Å². The third kappa shape index (κ3) is 3.75. The number of rotatable bonds is 4. The summed E-state index contributed by atoms with van der Waals surface area (Å²) in [6.07, 6.45) is 2.83. The summed E-state index contributed by atoms with van der Waals surface area (Å²) >= 11 is 5.75. The van der Waals surface area contributed by atoms with Crippen LogP contribution >= 0.6 is 11.6 Å². The maximum absolute atomic E-state index is 13.7. The van der Waals surface area contributed by atoms with E-state index in [1.54, 1.807) is 18.2 Å². The van der Waals surface area contributed by atoms with Gasteiger partial charge in [0.15, 0.2) is 0 Å². The van der Waals surface area contributed by atoms with Crippen LogP contribution in [0.3, 0.4) is 0 Å². The summed E-state index contributed by atoms with van der Waals surface area (Å²) in [7, 11) is 0. The summed E-state index contributed by atoms with van der Waals surface area (Å²) in [5.41, 5.74) is 5.14. The van der Waals surface area contributed by atoms with E-state index in [0.717, 1.165) is 0 Å². The second kappa shape index (κ2) is 7.12. The quantitative estimate of drug-likeness (QED) is 0.864. The smallest absolute Gasteiger partial charge is 0.275 e. The van der Waals surface area contributed by atoms with Crippen molar-refractivity contribution in [2.75, 3.05) is 25.2 Å². The molecule has 0 spiro atoms. The Morgan fingerprint density at radius 2 is 2.24 bits per heavy atom. The number of nitrogens with one attached hydrogen (secondary N) is 1. The molecule has 1 atom stereocenters. The number of amidine groups is 1. The highest BCUT2D eigenvalue weighted by molar-refractivity contribution is 6.30. The molecule has 25 heavy (non-hydrogen) atoms. The Hall–Kier alpha value is -2.58. The first kappa shape index (κ1) is 17.2. The molecule has 0 fully saturated rings. The summed E-state index contributed by atoms with van der Waals surface area (Å²) in [5.74, 6) is 0.00149. The van der Waals surface area contributed by atoms with E-state index in [2.05, 4.69) is 20.3 Å². The Morgan fingerprint density at radius 3 is 2.92 bits per heavy atom. The molecule has 1 aliphatic heterocycles. The second-order valence-corrected chi connectivity index (χ2v) is 5.94. The van der Waals surface area contributed by atoms with Gasteiger partial charge in [0.1, 0.15) is 36.2 Å². The number of halogens is 2. The molecule has 0 aliphatic carbocycles. The maximum Gasteiger partial charge on any atom is 0.275 e. The lowest BCUT2D eigenvalue weighted by Crippen LogP contribution is -2.41. The van der Waals surface area contributed by atoms with E-state index in [0.29, 0.717) is 10.6 Å². The largest absolute Gasteiger partial charge is 0.385 e. The highest BCUT2D eigenvalue weighted by Gasteiger charge is 2.36. The lowest BCUT2D eigenvalue weighted by molar-refractivity contribution is 0.0827. The summed E-state index contributed by atoms with van der Waals surface area (Å²) in [6.45, 7) is -0.567. The van der Waals surface area contributed by atoms with Gasteiger partial charge in [0.25, 0.3) is 5.91 Å². The standard InChI is InChI=1S/C16H15ClFN5O2/c17-11-1-2-12(21-6-11)15(24)22-14-5-10(3-4-20-14)16(8-18)9-25-7-13(19)23-16/h1-6H,7-9H2,(H2,19,23)(H,20,22,24). The zero-order valence-corrected chi connectivity index (χ0v) is 13.8. The van der Waals surface area contributed by atoms with E-state index < -0.39 is 18.1 Å². The van der Waals surface area contributed by atoms with E-state index in [1.807, 2.05) is 0 Å². The first-order valence-electron chi connectivity index (χ1n) is 7.40. The summed E-state index contributed by atoms with van der Waals surface area (Å²) < 4.78 is 19.0. The Morgan fingerprint density at radius 1 is 1.40 bits per heavy atom. The van der Waals surface area contributed by atoms with Crippen LogP contribution in [-0.2, 0) is 10.3 Å². The van der Waals surface area contributed by atoms with Gasteiger partial charge in [-0.25, -0.2) is 14.4 Å². The molecule has 130 valence electrons. The zero-order valence-electron chi connectivity index (χ0n) is 13.1. The number of ether oxygens (including phenoxy) is 1. The fourth-order valence-corrected chi connectivity index (χ4v) is 2.55. The second-order valence-electron chi connectivity index (χ2n) is 5.51. The highest BCUT2D eigenvalue weighted by atomic mass is 35.5. The van der Waals surface area contributed by atoms with Gasteiger partial charge in [-0.15, -0.1) is 0 Å². The van der Waals surface area contributed by atoms with Crippen molar-refractivity contribution in [3.63, 3.8) is 0 Å². The fraction of sp³-hybridized carbons (Fsp3) is 0.250. The highest BCUT2D eigenvalue weighted by Crippen LogP contribution is 2.30. The van der Waals surface area contributed by atoms with Crippen LogP contribution < -0.4 is 11.1 Å². The molecular weight excluding hydrogens is 349 g/mol. The van der Waals surface area contributed by atoms with Crippen LogP contribution in [0.2, 0.25) is 5.02 Å². The number of nitrogens with two attached hydrogens (primary N) is 1. The maximum atomic E-state index is 13.7. The molecule has 3 heterocycles. The number of carbonyl (C=O) groups is 1. The average Bonchev–Trinajstić information content (AvgIpc) is 2.62. The van der Waals surface area contributed by atoms with Crippen molar-refractivity contribution in [3.05, 3.63) is 52.9 Å². The first-order valence-corrected chi connectivity index (χ1v) is 7.77. The molecule has 7 nitrogen and oxygen atoms in total. The normalized spacial score (nSPS) is 20.0. The monoisotopic (exact) mass is 363 g/mol. The molecule has 3 rings (SSSR count). The summed E-state index contributed by atoms with van der Waals surface area (Å²) in [6, 6.07) is 6.20. The molecule has 0 aromatic carbocycles. The van der Waals surface area contributed by atoms with E-state index in [4.69, 9.17) is 22.1 Å². The van der Waals surface area contributed by atoms with Crippen molar-refractivity contribution < 1.29 is 13.9 Å². The van der Waals surface area contributed by atoms with Crippen LogP contribution in [0.15, 0.2) is 41.7 Å². The van der Waals surface area contributed by atoms with Gasteiger partial charge in [-0.05, 0) is 29.8 Å². The molecule has 1 aliphatic rings. The third-order valence-corrected chi connectivity index (χ3v) is 3.89. The zero-order chi connectivity index (χ0) is 17.9. The van der Waals surface area contributed by atoms with Crippen molar-refractivity contribution in [1.82, 2.24) is 9.97 Å². The Kier molecular flexibility index (Phi) is 4.91. The summed E-state index contributed by atoms with van der Waals surface area (Å²) in [4.78, 5) is 24.4. The van der Waals surface area contributed by atoms with Gasteiger partial charge < -0.3 is 15.8 Å². The number of aliphatic imine (C=N–C) groups is 1. The lowest BCUT2D eigenvalue weighted by Gasteiger charge is -2.31.